The number of carboxylic acid groups (broad SMARTS) is 2. The quantitative estimate of drug-likeness (QED) is 0.197. The minimum absolute atomic E-state index is 0.00907. The molecule has 2 spiro atoms. The maximum atomic E-state index is 10.3. The molecule has 22 unspecified atom stereocenters. The Kier molecular flexibility index (Phi) is 13.7. The largest absolute Gasteiger partial charge is 0.547 e. The highest BCUT2D eigenvalue weighted by Gasteiger charge is 2.64. The summed E-state index contributed by atoms with van der Waals surface area (Å²) in [4.78, 5) is 19.4. The van der Waals surface area contributed by atoms with E-state index in [2.05, 4.69) is 78.2 Å². The molecule has 0 bridgehead atoms. The van der Waals surface area contributed by atoms with Crippen LogP contribution in [0.1, 0.15) is 158 Å². The SMILES string of the molecule is CC1=C2CC3C(CC=C4CC(O)CCC43C)C2CCC12OC1CC(C)C[NH2+]C1C2C.CC1=C2CC3C(CC=C4CC(O)CCC43C)C2CCC12OC1CC(C)C[NH2+]C1C2C.O=C([O-])C(O)C(O)C(=O)O. The van der Waals surface area contributed by atoms with Crippen molar-refractivity contribution in [2.45, 2.75) is 218 Å². The highest BCUT2D eigenvalue weighted by Crippen LogP contribution is 2.67. The molecule has 0 aromatic carbocycles. The molecule has 12 rings (SSSR count). The van der Waals surface area contributed by atoms with Gasteiger partial charge in [0.05, 0.1) is 42.5 Å². The molecule has 4 aliphatic heterocycles. The summed E-state index contributed by atoms with van der Waals surface area (Å²) in [5.41, 5.74) is 10.7. The van der Waals surface area contributed by atoms with E-state index >= 15 is 0 Å². The first-order valence-corrected chi connectivity index (χ1v) is 28.1. The number of aliphatic hydroxyl groups excluding tert-OH is 4. The fraction of sp³-hybridized carbons (Fsp3) is 0.828. The third kappa shape index (κ3) is 8.12. The number of quaternary nitrogens is 2. The average Bonchev–Trinajstić information content (AvgIpc) is 4.06. The molecule has 4 heterocycles. The number of aliphatic carboxylic acids is 2. The molecule has 12 heteroatoms. The number of piperidine rings is 2. The van der Waals surface area contributed by atoms with Crippen LogP contribution in [0.4, 0.5) is 0 Å². The average molecular weight is 974 g/mol. The van der Waals surface area contributed by atoms with Crippen LogP contribution in [0.25, 0.3) is 0 Å². The maximum Gasteiger partial charge on any atom is 0.335 e. The molecule has 8 aliphatic carbocycles. The number of allylic oxidation sites excluding steroid dienone is 4. The lowest BCUT2D eigenvalue weighted by Gasteiger charge is -2.49. The molecule has 9 N–H and O–H groups in total. The molecule has 12 nitrogen and oxygen atoms in total. The Morgan fingerprint density at radius 2 is 1.07 bits per heavy atom. The molecule has 70 heavy (non-hydrogen) atoms. The van der Waals surface area contributed by atoms with Crippen molar-refractivity contribution in [3.63, 3.8) is 0 Å². The lowest BCUT2D eigenvalue weighted by atomic mass is 9.56. The standard InChI is InChI=1S/2C27H41NO2.C4H6O6/c2*1-15-11-24-25(28-14-15)17(3)27(30-24)10-8-20-21-6-5-18-12-19(29)7-9-26(18,4)23(21)13-22(20)16(27)2;5-1(3(7)8)2(6)4(9)10/h2*5,15,17,19-21,23-25,28-29H,6-14H2,1-4H3;1-2,5-6H,(H,7,8)(H,9,10)/p+1. The molecule has 12 aliphatic rings. The molecule has 8 fully saturated rings. The van der Waals surface area contributed by atoms with Gasteiger partial charge in [0.25, 0.3) is 0 Å². The molecule has 0 amide bonds. The van der Waals surface area contributed by atoms with Gasteiger partial charge in [-0.1, -0.05) is 76.0 Å². The molecule has 4 saturated carbocycles. The van der Waals surface area contributed by atoms with Gasteiger partial charge < -0.3 is 55.5 Å². The van der Waals surface area contributed by atoms with Crippen LogP contribution in [0, 0.1) is 70.0 Å². The molecule has 22 atom stereocenters. The highest BCUT2D eigenvalue weighted by molar-refractivity contribution is 5.82. The van der Waals surface area contributed by atoms with Gasteiger partial charge in [0.1, 0.15) is 30.4 Å². The van der Waals surface area contributed by atoms with E-state index in [-0.39, 0.29) is 23.4 Å². The lowest BCUT2D eigenvalue weighted by molar-refractivity contribution is -0.710. The summed E-state index contributed by atoms with van der Waals surface area (Å²) in [6.07, 6.45) is 19.9. The molecule has 0 aromatic heterocycles. The van der Waals surface area contributed by atoms with Crippen LogP contribution in [0.2, 0.25) is 0 Å². The third-order valence-corrected chi connectivity index (χ3v) is 22.9. The van der Waals surface area contributed by atoms with Crippen molar-refractivity contribution < 1.29 is 60.3 Å². The second kappa shape index (κ2) is 18.7. The van der Waals surface area contributed by atoms with E-state index in [1.165, 1.54) is 90.1 Å². The summed E-state index contributed by atoms with van der Waals surface area (Å²) in [5, 5.41) is 59.9. The van der Waals surface area contributed by atoms with Crippen LogP contribution < -0.4 is 15.7 Å². The molecule has 4 saturated heterocycles. The zero-order valence-corrected chi connectivity index (χ0v) is 43.7. The fourth-order valence-electron chi connectivity index (χ4n) is 18.7. The topological polar surface area (TPSA) is 210 Å². The normalized spacial score (nSPS) is 49.4. The van der Waals surface area contributed by atoms with Gasteiger partial charge in [-0.2, -0.15) is 0 Å². The van der Waals surface area contributed by atoms with Gasteiger partial charge in [-0.25, -0.2) is 4.79 Å². The van der Waals surface area contributed by atoms with Gasteiger partial charge in [0.15, 0.2) is 6.10 Å². The summed E-state index contributed by atoms with van der Waals surface area (Å²) in [5.74, 6) is 3.74. The second-order valence-corrected chi connectivity index (χ2v) is 26.1. The number of ether oxygens (including phenoxy) is 2. The number of aliphatic hydroxyl groups is 4. The number of nitrogens with two attached hydrogens (primary N) is 2. The van der Waals surface area contributed by atoms with Gasteiger partial charge in [-0.15, -0.1) is 0 Å². The Balaban J connectivity index is 0.000000136. The van der Waals surface area contributed by atoms with Crippen molar-refractivity contribution in [2.75, 3.05) is 13.1 Å². The Morgan fingerprint density at radius 3 is 1.44 bits per heavy atom. The Morgan fingerprint density at radius 1 is 0.657 bits per heavy atom. The Labute approximate surface area is 417 Å². The van der Waals surface area contributed by atoms with Crippen molar-refractivity contribution in [1.82, 2.24) is 0 Å². The zero-order valence-electron chi connectivity index (χ0n) is 43.7. The van der Waals surface area contributed by atoms with Crippen molar-refractivity contribution in [3.8, 4) is 0 Å². The van der Waals surface area contributed by atoms with E-state index in [1.54, 1.807) is 33.4 Å². The molecule has 0 aromatic rings. The van der Waals surface area contributed by atoms with Gasteiger partial charge >= 0.3 is 5.97 Å². The van der Waals surface area contributed by atoms with Crippen molar-refractivity contribution in [2.24, 2.45) is 70.0 Å². The first kappa shape index (κ1) is 51.1. The highest BCUT2D eigenvalue weighted by atomic mass is 16.5. The molecular formula is C58H89N2O10+. The van der Waals surface area contributed by atoms with E-state index in [0.29, 0.717) is 47.0 Å². The number of carbonyl (C=O) groups excluding carboxylic acids is 1. The van der Waals surface area contributed by atoms with Crippen LogP contribution in [0.5, 0.6) is 0 Å². The minimum Gasteiger partial charge on any atom is -0.547 e. The fourth-order valence-corrected chi connectivity index (χ4v) is 18.7. The number of hydrogen-bond donors (Lipinski definition) is 7. The molecular weight excluding hydrogens is 885 g/mol. The number of hydrogen-bond acceptors (Lipinski definition) is 9. The smallest absolute Gasteiger partial charge is 0.335 e. The van der Waals surface area contributed by atoms with E-state index in [1.807, 2.05) is 0 Å². The minimum atomic E-state index is -2.38. The number of carbonyl (C=O) groups is 2. The monoisotopic (exact) mass is 974 g/mol. The summed E-state index contributed by atoms with van der Waals surface area (Å²) >= 11 is 0. The predicted molar refractivity (Wildman–Crippen MR) is 262 cm³/mol. The second-order valence-electron chi connectivity index (χ2n) is 26.1. The molecule has 0 radical (unpaired) electrons. The Hall–Kier alpha value is -2.42. The summed E-state index contributed by atoms with van der Waals surface area (Å²) in [7, 11) is 0. The van der Waals surface area contributed by atoms with E-state index in [0.717, 1.165) is 73.0 Å². The van der Waals surface area contributed by atoms with Crippen molar-refractivity contribution >= 4 is 11.9 Å². The van der Waals surface area contributed by atoms with Crippen LogP contribution in [0.3, 0.4) is 0 Å². The lowest BCUT2D eigenvalue weighted by Crippen LogP contribution is -2.96. The van der Waals surface area contributed by atoms with Crippen LogP contribution in [-0.2, 0) is 19.1 Å². The Bertz CT molecular complexity index is 2040. The molecule has 390 valence electrons. The summed E-state index contributed by atoms with van der Waals surface area (Å²) in [6, 6.07) is 1.31. The van der Waals surface area contributed by atoms with E-state index in [9.17, 15) is 24.9 Å². The van der Waals surface area contributed by atoms with Gasteiger partial charge in [0, 0.05) is 23.7 Å². The summed E-state index contributed by atoms with van der Waals surface area (Å²) < 4.78 is 14.1. The van der Waals surface area contributed by atoms with E-state index < -0.39 is 24.1 Å². The number of carboxylic acids is 2. The van der Waals surface area contributed by atoms with Gasteiger partial charge in [-0.3, -0.25) is 0 Å². The van der Waals surface area contributed by atoms with Crippen LogP contribution in [0.15, 0.2) is 45.6 Å². The number of rotatable bonds is 3. The van der Waals surface area contributed by atoms with E-state index in [4.69, 9.17) is 24.8 Å². The number of fused-ring (bicyclic) bond motifs is 12. The van der Waals surface area contributed by atoms with Gasteiger partial charge in [-0.05, 0) is 174 Å². The van der Waals surface area contributed by atoms with Gasteiger partial charge in [0.2, 0.25) is 0 Å². The zero-order chi connectivity index (χ0) is 50.0. The predicted octanol–water partition coefficient (Wildman–Crippen LogP) is 4.49. The van der Waals surface area contributed by atoms with Crippen molar-refractivity contribution in [1.29, 1.82) is 0 Å². The first-order chi connectivity index (χ1) is 33.1. The first-order valence-electron chi connectivity index (χ1n) is 28.1. The maximum absolute atomic E-state index is 10.3. The van der Waals surface area contributed by atoms with Crippen molar-refractivity contribution in [3.05, 3.63) is 45.6 Å². The van der Waals surface area contributed by atoms with Crippen LogP contribution >= 0.6 is 0 Å². The van der Waals surface area contributed by atoms with Crippen LogP contribution in [-0.4, -0.2) is 110 Å². The summed E-state index contributed by atoms with van der Waals surface area (Å²) in [6.45, 7) is 22.3. The third-order valence-electron chi connectivity index (χ3n) is 22.9.